The number of likely N-dealkylation sites (tertiary alicyclic amines) is 1. The summed E-state index contributed by atoms with van der Waals surface area (Å²) in [5.74, 6) is 1.43. The molecule has 0 amide bonds. The van der Waals surface area contributed by atoms with Crippen LogP contribution in [0.2, 0.25) is 0 Å². The predicted molar refractivity (Wildman–Crippen MR) is 54.7 cm³/mol. The van der Waals surface area contributed by atoms with E-state index in [9.17, 15) is 5.11 Å². The molecule has 1 saturated heterocycles. The zero-order valence-electron chi connectivity index (χ0n) is 7.74. The van der Waals surface area contributed by atoms with Crippen LogP contribution in [0.5, 0.6) is 0 Å². The molecule has 0 saturated carbocycles. The minimum absolute atomic E-state index is 0.112. The van der Waals surface area contributed by atoms with Crippen molar-refractivity contribution in [2.45, 2.75) is 25.9 Å². The number of piperidine rings is 1. The molecular weight excluding hydrogens is 170 g/mol. The van der Waals surface area contributed by atoms with Crippen molar-refractivity contribution in [3.8, 4) is 0 Å². The van der Waals surface area contributed by atoms with E-state index in [-0.39, 0.29) is 6.10 Å². The van der Waals surface area contributed by atoms with Crippen LogP contribution < -0.4 is 0 Å². The molecule has 0 aromatic rings. The Bertz CT molecular complexity index is 130. The van der Waals surface area contributed by atoms with E-state index in [0.717, 1.165) is 38.2 Å². The van der Waals surface area contributed by atoms with Crippen LogP contribution in [-0.2, 0) is 0 Å². The van der Waals surface area contributed by atoms with Crippen molar-refractivity contribution in [3.05, 3.63) is 0 Å². The zero-order valence-corrected chi connectivity index (χ0v) is 8.63. The monoisotopic (exact) mass is 189 g/mol. The second kappa shape index (κ2) is 5.10. The smallest absolute Gasteiger partial charge is 0.0693 e. The molecular formula is C9H19NOS. The van der Waals surface area contributed by atoms with E-state index in [4.69, 9.17) is 0 Å². The van der Waals surface area contributed by atoms with Gasteiger partial charge in [-0.1, -0.05) is 6.92 Å². The molecule has 0 spiro atoms. The van der Waals surface area contributed by atoms with Gasteiger partial charge in [-0.2, -0.15) is 12.6 Å². The van der Waals surface area contributed by atoms with Crippen molar-refractivity contribution in [3.63, 3.8) is 0 Å². The average molecular weight is 189 g/mol. The lowest BCUT2D eigenvalue weighted by molar-refractivity contribution is 0.0295. The largest absolute Gasteiger partial charge is 0.392 e. The van der Waals surface area contributed by atoms with Crippen molar-refractivity contribution in [1.29, 1.82) is 0 Å². The fourth-order valence-corrected chi connectivity index (χ4v) is 1.75. The molecule has 12 heavy (non-hydrogen) atoms. The van der Waals surface area contributed by atoms with Crippen molar-refractivity contribution in [1.82, 2.24) is 4.90 Å². The number of hydrogen-bond acceptors (Lipinski definition) is 3. The molecule has 2 nitrogen and oxygen atoms in total. The third-order valence-corrected chi connectivity index (χ3v) is 2.95. The normalized spacial score (nSPS) is 32.2. The zero-order chi connectivity index (χ0) is 8.97. The highest BCUT2D eigenvalue weighted by atomic mass is 32.1. The Morgan fingerprint density at radius 2 is 2.33 bits per heavy atom. The van der Waals surface area contributed by atoms with Crippen LogP contribution >= 0.6 is 12.6 Å². The molecule has 2 atom stereocenters. The Morgan fingerprint density at radius 3 is 2.92 bits per heavy atom. The van der Waals surface area contributed by atoms with Gasteiger partial charge in [-0.15, -0.1) is 0 Å². The number of β-amino-alcohol motifs (C(OH)–C–C–N with tert-alkyl or cyclic N) is 1. The summed E-state index contributed by atoms with van der Waals surface area (Å²) < 4.78 is 0. The van der Waals surface area contributed by atoms with Crippen LogP contribution in [0.25, 0.3) is 0 Å². The maximum Gasteiger partial charge on any atom is 0.0693 e. The minimum Gasteiger partial charge on any atom is -0.392 e. The Hall–Kier alpha value is 0.270. The summed E-state index contributed by atoms with van der Waals surface area (Å²) in [5, 5.41) is 9.59. The third kappa shape index (κ3) is 2.96. The Morgan fingerprint density at radius 1 is 1.58 bits per heavy atom. The van der Waals surface area contributed by atoms with E-state index in [1.165, 1.54) is 0 Å². The van der Waals surface area contributed by atoms with Gasteiger partial charge in [0, 0.05) is 6.54 Å². The van der Waals surface area contributed by atoms with Crippen molar-refractivity contribution in [2.75, 3.05) is 25.4 Å². The summed E-state index contributed by atoms with van der Waals surface area (Å²) in [5.41, 5.74) is 0. The second-order valence-electron chi connectivity index (χ2n) is 3.71. The van der Waals surface area contributed by atoms with Crippen molar-refractivity contribution >= 4 is 12.6 Å². The highest BCUT2D eigenvalue weighted by molar-refractivity contribution is 7.80. The summed E-state index contributed by atoms with van der Waals surface area (Å²) in [6, 6.07) is 0. The molecule has 72 valence electrons. The van der Waals surface area contributed by atoms with Crippen LogP contribution in [-0.4, -0.2) is 41.5 Å². The first-order valence-electron chi connectivity index (χ1n) is 4.75. The number of aliphatic hydroxyl groups excluding tert-OH is 1. The quantitative estimate of drug-likeness (QED) is 0.647. The maximum atomic E-state index is 9.59. The first-order chi connectivity index (χ1) is 5.74. The number of aliphatic hydroxyl groups is 1. The van der Waals surface area contributed by atoms with Crippen molar-refractivity contribution < 1.29 is 5.11 Å². The first-order valence-corrected chi connectivity index (χ1v) is 5.38. The lowest BCUT2D eigenvalue weighted by Gasteiger charge is -2.34. The minimum atomic E-state index is -0.112. The molecule has 1 rings (SSSR count). The fraction of sp³-hybridized carbons (Fsp3) is 1.00. The highest BCUT2D eigenvalue weighted by Crippen LogP contribution is 2.16. The molecule has 0 aromatic heterocycles. The topological polar surface area (TPSA) is 23.5 Å². The Balaban J connectivity index is 2.21. The van der Waals surface area contributed by atoms with E-state index >= 15 is 0 Å². The van der Waals surface area contributed by atoms with E-state index in [0.29, 0.717) is 5.92 Å². The number of rotatable bonds is 3. The van der Waals surface area contributed by atoms with Gasteiger partial charge >= 0.3 is 0 Å². The molecule has 0 aliphatic carbocycles. The molecule has 1 fully saturated rings. The first kappa shape index (κ1) is 10.4. The molecule has 1 N–H and O–H groups in total. The van der Waals surface area contributed by atoms with Gasteiger partial charge < -0.3 is 10.0 Å². The van der Waals surface area contributed by atoms with Crippen LogP contribution in [0.3, 0.4) is 0 Å². The summed E-state index contributed by atoms with van der Waals surface area (Å²) in [6.45, 7) is 5.22. The predicted octanol–water partition coefficient (Wildman–Crippen LogP) is 1.01. The summed E-state index contributed by atoms with van der Waals surface area (Å²) in [7, 11) is 0. The fourth-order valence-electron chi connectivity index (χ4n) is 1.61. The molecule has 2 unspecified atom stereocenters. The third-order valence-electron chi connectivity index (χ3n) is 2.64. The number of nitrogens with zero attached hydrogens (tertiary/aromatic N) is 1. The second-order valence-corrected chi connectivity index (χ2v) is 4.16. The van der Waals surface area contributed by atoms with Gasteiger partial charge in [0.2, 0.25) is 0 Å². The Kier molecular flexibility index (Phi) is 4.40. The van der Waals surface area contributed by atoms with Gasteiger partial charge in [0.1, 0.15) is 0 Å². The highest BCUT2D eigenvalue weighted by Gasteiger charge is 2.23. The van der Waals surface area contributed by atoms with Crippen LogP contribution in [0.1, 0.15) is 19.8 Å². The lowest BCUT2D eigenvalue weighted by Crippen LogP contribution is -2.43. The van der Waals surface area contributed by atoms with E-state index in [1.807, 2.05) is 0 Å². The molecule has 0 radical (unpaired) electrons. The van der Waals surface area contributed by atoms with E-state index < -0.39 is 0 Å². The van der Waals surface area contributed by atoms with Gasteiger partial charge in [-0.3, -0.25) is 0 Å². The van der Waals surface area contributed by atoms with Gasteiger partial charge in [0.05, 0.1) is 6.10 Å². The number of thiol groups is 1. The molecule has 0 bridgehead atoms. The summed E-state index contributed by atoms with van der Waals surface area (Å²) in [6.07, 6.45) is 2.15. The van der Waals surface area contributed by atoms with Crippen LogP contribution in [0.15, 0.2) is 0 Å². The van der Waals surface area contributed by atoms with Crippen LogP contribution in [0, 0.1) is 5.92 Å². The van der Waals surface area contributed by atoms with Gasteiger partial charge in [0.25, 0.3) is 0 Å². The van der Waals surface area contributed by atoms with Crippen LogP contribution in [0.4, 0.5) is 0 Å². The number of hydrogen-bond donors (Lipinski definition) is 2. The maximum absolute atomic E-state index is 9.59. The average Bonchev–Trinajstić information content (AvgIpc) is 2.07. The lowest BCUT2D eigenvalue weighted by atomic mass is 9.96. The van der Waals surface area contributed by atoms with E-state index in [2.05, 4.69) is 24.5 Å². The molecule has 1 aliphatic heterocycles. The molecule has 1 heterocycles. The van der Waals surface area contributed by atoms with E-state index in [1.54, 1.807) is 0 Å². The van der Waals surface area contributed by atoms with Gasteiger partial charge in [-0.25, -0.2) is 0 Å². The Labute approximate surface area is 80.4 Å². The van der Waals surface area contributed by atoms with Crippen molar-refractivity contribution in [2.24, 2.45) is 5.92 Å². The summed E-state index contributed by atoms with van der Waals surface area (Å²) >= 11 is 4.17. The molecule has 1 aliphatic rings. The van der Waals surface area contributed by atoms with Gasteiger partial charge in [0.15, 0.2) is 0 Å². The summed E-state index contributed by atoms with van der Waals surface area (Å²) in [4.78, 5) is 2.33. The molecule has 3 heteroatoms. The van der Waals surface area contributed by atoms with Gasteiger partial charge in [-0.05, 0) is 37.6 Å². The standard InChI is InChI=1S/C9H19NOS/c1-8-3-5-10(4-2-6-12)7-9(8)11/h8-9,11-12H,2-7H2,1H3. The molecule has 0 aromatic carbocycles. The SMILES string of the molecule is CC1CCN(CCCS)CC1O.